The van der Waals surface area contributed by atoms with E-state index in [0.717, 1.165) is 0 Å². The van der Waals surface area contributed by atoms with Crippen molar-refractivity contribution in [3.8, 4) is 0 Å². The second-order valence-corrected chi connectivity index (χ2v) is 5.73. The molecule has 3 amide bonds. The molecular weight excluding hydrogens is 274 g/mol. The Morgan fingerprint density at radius 3 is 2.05 bits per heavy atom. The number of nitrogens with one attached hydrogen (secondary N) is 3. The quantitative estimate of drug-likeness (QED) is 0.680. The fourth-order valence-corrected chi connectivity index (χ4v) is 1.50. The van der Waals surface area contributed by atoms with E-state index in [1.807, 2.05) is 0 Å². The molecule has 0 fully saturated rings. The zero-order chi connectivity index (χ0) is 16.6. The van der Waals surface area contributed by atoms with E-state index in [2.05, 4.69) is 16.0 Å². The van der Waals surface area contributed by atoms with Crippen LogP contribution in [0.4, 0.5) is 4.79 Å². The van der Waals surface area contributed by atoms with Crippen molar-refractivity contribution in [1.82, 2.24) is 16.0 Å². The zero-order valence-corrected chi connectivity index (χ0v) is 13.7. The Hall–Kier alpha value is -1.79. The highest BCUT2D eigenvalue weighted by molar-refractivity contribution is 5.91. The molecule has 0 radical (unpaired) electrons. The van der Waals surface area contributed by atoms with Gasteiger partial charge in [0.2, 0.25) is 11.8 Å². The third-order valence-corrected chi connectivity index (χ3v) is 2.52. The number of amides is 3. The summed E-state index contributed by atoms with van der Waals surface area (Å²) in [5.41, 5.74) is -0.632. The molecular formula is C14H27N3O4. The van der Waals surface area contributed by atoms with Gasteiger partial charge in [-0.1, -0.05) is 6.92 Å². The molecule has 0 aliphatic heterocycles. The number of likely N-dealkylation sites (N-methyl/N-ethyl adjacent to an activating group) is 1. The maximum atomic E-state index is 12.0. The summed E-state index contributed by atoms with van der Waals surface area (Å²) < 4.78 is 5.07. The number of rotatable bonds is 6. The van der Waals surface area contributed by atoms with Crippen molar-refractivity contribution in [3.63, 3.8) is 0 Å². The van der Waals surface area contributed by atoms with Crippen LogP contribution >= 0.6 is 0 Å². The molecule has 0 heterocycles. The predicted octanol–water partition coefficient (Wildman–Crippen LogP) is 0.930. The SMILES string of the molecule is CCNC(=O)[C@H](CC)NC(=O)[C@H](C)NC(=O)OC(C)(C)C. The summed E-state index contributed by atoms with van der Waals surface area (Å²) in [6.45, 7) is 10.8. The normalized spacial score (nSPS) is 13.8. The van der Waals surface area contributed by atoms with Crippen LogP contribution < -0.4 is 16.0 Å². The number of alkyl carbamates (subject to hydrolysis) is 1. The van der Waals surface area contributed by atoms with E-state index in [1.54, 1.807) is 34.6 Å². The molecule has 0 spiro atoms. The summed E-state index contributed by atoms with van der Waals surface area (Å²) in [7, 11) is 0. The smallest absolute Gasteiger partial charge is 0.408 e. The number of hydrogen-bond donors (Lipinski definition) is 3. The van der Waals surface area contributed by atoms with Crippen LogP contribution in [-0.4, -0.2) is 42.1 Å². The van der Waals surface area contributed by atoms with E-state index in [-0.39, 0.29) is 5.91 Å². The summed E-state index contributed by atoms with van der Waals surface area (Å²) in [5.74, 6) is -0.670. The third-order valence-electron chi connectivity index (χ3n) is 2.52. The Balaban J connectivity index is 4.43. The standard InChI is InChI=1S/C14H27N3O4/c1-7-10(12(19)15-8-2)17-11(18)9(3)16-13(20)21-14(4,5)6/h9-10H,7-8H2,1-6H3,(H,15,19)(H,16,20)(H,17,18)/t9-,10-/m0/s1. The number of ether oxygens (including phenoxy) is 1. The van der Waals surface area contributed by atoms with Crippen molar-refractivity contribution in [2.24, 2.45) is 0 Å². The van der Waals surface area contributed by atoms with E-state index in [4.69, 9.17) is 4.74 Å². The number of carbonyl (C=O) groups is 3. The minimum Gasteiger partial charge on any atom is -0.444 e. The summed E-state index contributed by atoms with van der Waals surface area (Å²) >= 11 is 0. The molecule has 0 aromatic carbocycles. The van der Waals surface area contributed by atoms with Gasteiger partial charge in [0.25, 0.3) is 0 Å². The highest BCUT2D eigenvalue weighted by atomic mass is 16.6. The van der Waals surface area contributed by atoms with Gasteiger partial charge in [0.1, 0.15) is 17.7 Å². The first kappa shape index (κ1) is 19.2. The highest BCUT2D eigenvalue weighted by Gasteiger charge is 2.24. The molecule has 7 heteroatoms. The van der Waals surface area contributed by atoms with E-state index in [1.165, 1.54) is 6.92 Å². The molecule has 3 N–H and O–H groups in total. The van der Waals surface area contributed by atoms with Crippen LogP contribution in [0, 0.1) is 0 Å². The van der Waals surface area contributed by atoms with Gasteiger partial charge in [-0.25, -0.2) is 4.79 Å². The highest BCUT2D eigenvalue weighted by Crippen LogP contribution is 2.06. The topological polar surface area (TPSA) is 96.5 Å². The molecule has 0 aliphatic carbocycles. The van der Waals surface area contributed by atoms with Crippen LogP contribution in [0.1, 0.15) is 48.0 Å². The lowest BCUT2D eigenvalue weighted by Crippen LogP contribution is -2.53. The summed E-state index contributed by atoms with van der Waals surface area (Å²) in [6, 6.07) is -1.40. The van der Waals surface area contributed by atoms with Gasteiger partial charge < -0.3 is 20.7 Å². The Morgan fingerprint density at radius 2 is 1.62 bits per heavy atom. The lowest BCUT2D eigenvalue weighted by atomic mass is 10.2. The molecule has 7 nitrogen and oxygen atoms in total. The Labute approximate surface area is 126 Å². The van der Waals surface area contributed by atoms with Crippen LogP contribution in [-0.2, 0) is 14.3 Å². The first-order valence-corrected chi connectivity index (χ1v) is 7.18. The molecule has 122 valence electrons. The van der Waals surface area contributed by atoms with Gasteiger partial charge in [-0.3, -0.25) is 9.59 Å². The van der Waals surface area contributed by atoms with Crippen LogP contribution in [0.15, 0.2) is 0 Å². The van der Waals surface area contributed by atoms with E-state index in [9.17, 15) is 14.4 Å². The number of hydrogen-bond acceptors (Lipinski definition) is 4. The van der Waals surface area contributed by atoms with Gasteiger partial charge in [0, 0.05) is 6.54 Å². The Bertz CT molecular complexity index is 377. The van der Waals surface area contributed by atoms with Crippen molar-refractivity contribution in [2.45, 2.75) is 65.6 Å². The van der Waals surface area contributed by atoms with Crippen LogP contribution in [0.2, 0.25) is 0 Å². The van der Waals surface area contributed by atoms with Gasteiger partial charge in [0.15, 0.2) is 0 Å². The fraction of sp³-hybridized carbons (Fsp3) is 0.786. The van der Waals surface area contributed by atoms with E-state index in [0.29, 0.717) is 13.0 Å². The molecule has 0 aliphatic rings. The van der Waals surface area contributed by atoms with Gasteiger partial charge >= 0.3 is 6.09 Å². The molecule has 21 heavy (non-hydrogen) atoms. The maximum Gasteiger partial charge on any atom is 0.408 e. The average molecular weight is 301 g/mol. The second-order valence-electron chi connectivity index (χ2n) is 5.73. The van der Waals surface area contributed by atoms with Crippen molar-refractivity contribution >= 4 is 17.9 Å². The molecule has 0 aromatic heterocycles. The van der Waals surface area contributed by atoms with Gasteiger partial charge in [-0.15, -0.1) is 0 Å². The minimum absolute atomic E-state index is 0.238. The number of carbonyl (C=O) groups excluding carboxylic acids is 3. The molecule has 0 saturated heterocycles. The predicted molar refractivity (Wildman–Crippen MR) is 79.7 cm³/mol. The second kappa shape index (κ2) is 8.49. The molecule has 0 bridgehead atoms. The van der Waals surface area contributed by atoms with E-state index < -0.39 is 29.7 Å². The molecule has 0 aromatic rings. The first-order valence-electron chi connectivity index (χ1n) is 7.18. The summed E-state index contributed by atoms with van der Waals surface area (Å²) in [4.78, 5) is 35.2. The maximum absolute atomic E-state index is 12.0. The molecule has 2 atom stereocenters. The fourth-order valence-electron chi connectivity index (χ4n) is 1.50. The monoisotopic (exact) mass is 301 g/mol. The third kappa shape index (κ3) is 8.16. The van der Waals surface area contributed by atoms with Crippen LogP contribution in [0.25, 0.3) is 0 Å². The van der Waals surface area contributed by atoms with Gasteiger partial charge in [-0.05, 0) is 41.0 Å². The average Bonchev–Trinajstić information content (AvgIpc) is 2.33. The van der Waals surface area contributed by atoms with Gasteiger partial charge in [-0.2, -0.15) is 0 Å². The molecule has 0 saturated carbocycles. The zero-order valence-electron chi connectivity index (χ0n) is 13.7. The molecule has 0 rings (SSSR count). The summed E-state index contributed by atoms with van der Waals surface area (Å²) in [6.07, 6.45) is -0.201. The van der Waals surface area contributed by atoms with Crippen LogP contribution in [0.3, 0.4) is 0 Å². The Kier molecular flexibility index (Phi) is 7.76. The first-order chi connectivity index (χ1) is 9.60. The largest absolute Gasteiger partial charge is 0.444 e. The summed E-state index contributed by atoms with van der Waals surface area (Å²) in [5, 5.41) is 7.68. The van der Waals surface area contributed by atoms with Crippen molar-refractivity contribution in [3.05, 3.63) is 0 Å². The Morgan fingerprint density at radius 1 is 1.05 bits per heavy atom. The van der Waals surface area contributed by atoms with Crippen molar-refractivity contribution in [1.29, 1.82) is 0 Å². The lowest BCUT2D eigenvalue weighted by molar-refractivity contribution is -0.129. The molecule has 0 unspecified atom stereocenters. The van der Waals surface area contributed by atoms with Gasteiger partial charge in [0.05, 0.1) is 0 Å². The lowest BCUT2D eigenvalue weighted by Gasteiger charge is -2.23. The van der Waals surface area contributed by atoms with Crippen molar-refractivity contribution < 1.29 is 19.1 Å². The minimum atomic E-state index is -0.789. The van der Waals surface area contributed by atoms with E-state index >= 15 is 0 Å². The van der Waals surface area contributed by atoms with Crippen LogP contribution in [0.5, 0.6) is 0 Å². The van der Waals surface area contributed by atoms with Crippen molar-refractivity contribution in [2.75, 3.05) is 6.54 Å².